The molecule has 2 fully saturated rings. The van der Waals surface area contributed by atoms with Gasteiger partial charge in [-0.05, 0) is 49.7 Å². The summed E-state index contributed by atoms with van der Waals surface area (Å²) in [6.45, 7) is 2.80. The molecule has 1 saturated heterocycles. The first kappa shape index (κ1) is 16.9. The fourth-order valence-electron chi connectivity index (χ4n) is 3.60. The molecule has 2 aromatic carbocycles. The highest BCUT2D eigenvalue weighted by Crippen LogP contribution is 2.58. The molecule has 0 spiro atoms. The third-order valence-corrected chi connectivity index (χ3v) is 7.58. The van der Waals surface area contributed by atoms with E-state index in [9.17, 15) is 13.2 Å². The Hall–Kier alpha value is -2.54. The lowest BCUT2D eigenvalue weighted by atomic mass is 10.2. The summed E-state index contributed by atoms with van der Waals surface area (Å²) in [5, 5.41) is 2.76. The quantitative estimate of drug-likeness (QED) is 0.875. The standard InChI is InChI=1S/C19H20N2O4S/c1-2-25-17-10-8-15(9-11-17)20-18(22)19-12-14(19)13-21(26(19,23)24)16-6-4-3-5-7-16/h3-11,14H,2,12-13H2,1H3,(H,20,22)/t14-,19+/m0/s1. The molecule has 1 saturated carbocycles. The number of hydrogen-bond acceptors (Lipinski definition) is 4. The number of nitrogens with one attached hydrogen (secondary N) is 1. The van der Waals surface area contributed by atoms with E-state index in [1.165, 1.54) is 4.31 Å². The first-order valence-electron chi connectivity index (χ1n) is 8.60. The molecule has 0 radical (unpaired) electrons. The van der Waals surface area contributed by atoms with Crippen LogP contribution in [-0.2, 0) is 14.8 Å². The molecule has 7 heteroatoms. The van der Waals surface area contributed by atoms with Gasteiger partial charge in [0.25, 0.3) is 0 Å². The second-order valence-corrected chi connectivity index (χ2v) is 8.69. The van der Waals surface area contributed by atoms with Crippen LogP contribution in [0, 0.1) is 5.92 Å². The van der Waals surface area contributed by atoms with Crippen molar-refractivity contribution in [2.24, 2.45) is 5.92 Å². The molecule has 1 amide bonds. The van der Waals surface area contributed by atoms with Crippen molar-refractivity contribution in [1.82, 2.24) is 0 Å². The van der Waals surface area contributed by atoms with E-state index in [2.05, 4.69) is 5.32 Å². The van der Waals surface area contributed by atoms with Gasteiger partial charge >= 0.3 is 0 Å². The Kier molecular flexibility index (Phi) is 3.91. The lowest BCUT2D eigenvalue weighted by Gasteiger charge is -2.22. The van der Waals surface area contributed by atoms with Crippen molar-refractivity contribution in [2.75, 3.05) is 22.8 Å². The second kappa shape index (κ2) is 6.02. The van der Waals surface area contributed by atoms with Crippen molar-refractivity contribution >= 4 is 27.3 Å². The molecule has 2 aliphatic rings. The number of sulfonamides is 1. The Bertz CT molecular complexity index is 928. The summed E-state index contributed by atoms with van der Waals surface area (Å²) < 4.78 is 31.5. The summed E-state index contributed by atoms with van der Waals surface area (Å²) in [4.78, 5) is 12.8. The third-order valence-electron chi connectivity index (χ3n) is 5.04. The molecular formula is C19H20N2O4S. The van der Waals surface area contributed by atoms with Crippen LogP contribution in [0.5, 0.6) is 5.75 Å². The normalized spacial score (nSPS) is 25.4. The average Bonchev–Trinajstić information content (AvgIpc) is 3.33. The minimum atomic E-state index is -3.75. The van der Waals surface area contributed by atoms with Crippen molar-refractivity contribution in [3.8, 4) is 5.75 Å². The summed E-state index contributed by atoms with van der Waals surface area (Å²) in [7, 11) is -3.75. The van der Waals surface area contributed by atoms with E-state index in [4.69, 9.17) is 4.74 Å². The average molecular weight is 372 g/mol. The van der Waals surface area contributed by atoms with Crippen molar-refractivity contribution in [3.63, 3.8) is 0 Å². The molecular weight excluding hydrogens is 352 g/mol. The van der Waals surface area contributed by atoms with Crippen LogP contribution in [0.25, 0.3) is 0 Å². The number of para-hydroxylation sites is 1. The number of nitrogens with zero attached hydrogens (tertiary/aromatic N) is 1. The van der Waals surface area contributed by atoms with Crippen LogP contribution in [0.15, 0.2) is 54.6 Å². The summed E-state index contributed by atoms with van der Waals surface area (Å²) in [5.41, 5.74) is 1.17. The second-order valence-electron chi connectivity index (χ2n) is 6.57. The van der Waals surface area contributed by atoms with E-state index in [0.717, 1.165) is 0 Å². The number of carbonyl (C=O) groups excluding carboxylic acids is 1. The highest BCUT2D eigenvalue weighted by Gasteiger charge is 2.75. The SMILES string of the molecule is CCOc1ccc(NC(=O)[C@@]23C[C@H]2CN(c2ccccc2)S3(=O)=O)cc1. The summed E-state index contributed by atoms with van der Waals surface area (Å²) >= 11 is 0. The van der Waals surface area contributed by atoms with E-state index >= 15 is 0 Å². The van der Waals surface area contributed by atoms with Gasteiger partial charge in [-0.25, -0.2) is 8.42 Å². The fourth-order valence-corrected chi connectivity index (χ4v) is 5.96. The molecule has 2 aromatic rings. The predicted molar refractivity (Wildman–Crippen MR) is 99.8 cm³/mol. The number of rotatable bonds is 5. The van der Waals surface area contributed by atoms with E-state index in [1.54, 1.807) is 48.5 Å². The van der Waals surface area contributed by atoms with Crippen LogP contribution < -0.4 is 14.4 Å². The molecule has 1 aliphatic heterocycles. The van der Waals surface area contributed by atoms with Gasteiger partial charge in [-0.3, -0.25) is 9.10 Å². The van der Waals surface area contributed by atoms with Gasteiger partial charge in [-0.15, -0.1) is 0 Å². The topological polar surface area (TPSA) is 75.7 Å². The van der Waals surface area contributed by atoms with E-state index < -0.39 is 20.7 Å². The van der Waals surface area contributed by atoms with E-state index in [-0.39, 0.29) is 5.92 Å². The molecule has 0 unspecified atom stereocenters. The number of benzene rings is 2. The van der Waals surface area contributed by atoms with Crippen molar-refractivity contribution < 1.29 is 17.9 Å². The Labute approximate surface area is 152 Å². The Balaban J connectivity index is 1.55. The van der Waals surface area contributed by atoms with Crippen LogP contribution in [0.4, 0.5) is 11.4 Å². The smallest absolute Gasteiger partial charge is 0.250 e. The molecule has 6 nitrogen and oxygen atoms in total. The molecule has 2 atom stereocenters. The van der Waals surface area contributed by atoms with Crippen LogP contribution in [0.2, 0.25) is 0 Å². The van der Waals surface area contributed by atoms with Gasteiger partial charge < -0.3 is 10.1 Å². The number of fused-ring (bicyclic) bond motifs is 1. The minimum absolute atomic E-state index is 0.171. The third kappa shape index (κ3) is 2.46. The predicted octanol–water partition coefficient (Wildman–Crippen LogP) is 2.63. The van der Waals surface area contributed by atoms with Crippen LogP contribution in [0.3, 0.4) is 0 Å². The number of carbonyl (C=O) groups is 1. The minimum Gasteiger partial charge on any atom is -0.494 e. The fraction of sp³-hybridized carbons (Fsp3) is 0.316. The lowest BCUT2D eigenvalue weighted by Crippen LogP contribution is -2.42. The van der Waals surface area contributed by atoms with Gasteiger partial charge in [0.2, 0.25) is 15.9 Å². The number of anilines is 2. The first-order chi connectivity index (χ1) is 12.5. The van der Waals surface area contributed by atoms with Gasteiger partial charge in [0, 0.05) is 18.2 Å². The Morgan fingerprint density at radius 1 is 1.19 bits per heavy atom. The zero-order valence-electron chi connectivity index (χ0n) is 14.4. The molecule has 1 heterocycles. The number of hydrogen-bond donors (Lipinski definition) is 1. The molecule has 4 rings (SSSR count). The van der Waals surface area contributed by atoms with Crippen LogP contribution >= 0.6 is 0 Å². The molecule has 26 heavy (non-hydrogen) atoms. The highest BCUT2D eigenvalue weighted by molar-refractivity contribution is 7.95. The summed E-state index contributed by atoms with van der Waals surface area (Å²) in [6.07, 6.45) is 0.377. The van der Waals surface area contributed by atoms with E-state index in [0.29, 0.717) is 36.7 Å². The molecule has 1 aliphatic carbocycles. The summed E-state index contributed by atoms with van der Waals surface area (Å²) in [6, 6.07) is 15.9. The summed E-state index contributed by atoms with van der Waals surface area (Å²) in [5.74, 6) is 0.0807. The monoisotopic (exact) mass is 372 g/mol. The number of amides is 1. The zero-order chi connectivity index (χ0) is 18.4. The largest absolute Gasteiger partial charge is 0.494 e. The van der Waals surface area contributed by atoms with Crippen LogP contribution in [0.1, 0.15) is 13.3 Å². The van der Waals surface area contributed by atoms with Crippen molar-refractivity contribution in [2.45, 2.75) is 18.1 Å². The maximum atomic E-state index is 13.1. The van der Waals surface area contributed by atoms with Gasteiger partial charge in [-0.2, -0.15) is 0 Å². The Morgan fingerprint density at radius 2 is 1.88 bits per heavy atom. The van der Waals surface area contributed by atoms with Crippen LogP contribution in [-0.4, -0.2) is 32.2 Å². The molecule has 1 N–H and O–H groups in total. The maximum absolute atomic E-state index is 13.1. The molecule has 136 valence electrons. The first-order valence-corrected chi connectivity index (χ1v) is 10.0. The lowest BCUT2D eigenvalue weighted by molar-refractivity contribution is -0.116. The molecule has 0 bridgehead atoms. The Morgan fingerprint density at radius 3 is 2.54 bits per heavy atom. The van der Waals surface area contributed by atoms with Gasteiger partial charge in [0.15, 0.2) is 4.75 Å². The maximum Gasteiger partial charge on any atom is 0.250 e. The van der Waals surface area contributed by atoms with Crippen molar-refractivity contribution in [3.05, 3.63) is 54.6 Å². The van der Waals surface area contributed by atoms with Crippen molar-refractivity contribution in [1.29, 1.82) is 0 Å². The van der Waals surface area contributed by atoms with Gasteiger partial charge in [-0.1, -0.05) is 18.2 Å². The zero-order valence-corrected chi connectivity index (χ0v) is 15.2. The van der Waals surface area contributed by atoms with Gasteiger partial charge in [0.05, 0.1) is 12.3 Å². The van der Waals surface area contributed by atoms with Gasteiger partial charge in [0.1, 0.15) is 5.75 Å². The molecule has 0 aromatic heterocycles. The van der Waals surface area contributed by atoms with E-state index in [1.807, 2.05) is 13.0 Å². The highest BCUT2D eigenvalue weighted by atomic mass is 32.2. The number of ether oxygens (including phenoxy) is 1.